The topological polar surface area (TPSA) is 58.9 Å². The minimum absolute atomic E-state index is 0.0671. The summed E-state index contributed by atoms with van der Waals surface area (Å²) in [5, 5.41) is 11.1. The van der Waals surface area contributed by atoms with Crippen LogP contribution in [0.25, 0.3) is 0 Å². The Labute approximate surface area is 57.0 Å². The second kappa shape index (κ2) is 2.82. The van der Waals surface area contributed by atoms with Gasteiger partial charge in [-0.3, -0.25) is 0 Å². The number of hydrogen-bond acceptors (Lipinski definition) is 4. The third-order valence-corrected chi connectivity index (χ3v) is 1.00. The molecule has 0 bridgehead atoms. The number of phenolic OH excluding ortho intramolecular Hbond substituents is 1. The van der Waals surface area contributed by atoms with E-state index in [4.69, 9.17) is 5.11 Å². The van der Waals surface area contributed by atoms with Crippen molar-refractivity contribution in [2.24, 2.45) is 5.34 Å². The van der Waals surface area contributed by atoms with Crippen LogP contribution in [0.5, 0.6) is 11.5 Å². The van der Waals surface area contributed by atoms with Gasteiger partial charge in [0.05, 0.1) is 0 Å². The molecule has 1 rings (SSSR count). The predicted molar refractivity (Wildman–Crippen MR) is 34.5 cm³/mol. The molecule has 0 saturated heterocycles. The minimum Gasteiger partial charge on any atom is -0.504 e. The van der Waals surface area contributed by atoms with Gasteiger partial charge in [0.2, 0.25) is 5.75 Å². The number of aromatic hydroxyl groups is 1. The average Bonchev–Trinajstić information content (AvgIpc) is 1.94. The number of phenols is 1. The molecule has 1 N–H and O–H groups in total. The van der Waals surface area contributed by atoms with E-state index in [2.05, 4.69) is 10.2 Å². The number of benzene rings is 1. The van der Waals surface area contributed by atoms with Crippen LogP contribution in [-0.4, -0.2) is 5.11 Å². The summed E-state index contributed by atoms with van der Waals surface area (Å²) < 4.78 is 0. The first-order valence-corrected chi connectivity index (χ1v) is 2.62. The maximum Gasteiger partial charge on any atom is 0.203 e. The van der Waals surface area contributed by atoms with Gasteiger partial charge in [0.25, 0.3) is 0 Å². The number of nitrogens with zero attached hydrogens (tertiary/aromatic N) is 1. The first-order valence-electron chi connectivity index (χ1n) is 2.62. The van der Waals surface area contributed by atoms with Crippen LogP contribution >= 0.6 is 0 Å². The van der Waals surface area contributed by atoms with E-state index >= 15 is 0 Å². The summed E-state index contributed by atoms with van der Waals surface area (Å²) in [7, 11) is 0. The van der Waals surface area contributed by atoms with Crippen molar-refractivity contribution in [3.63, 3.8) is 0 Å². The molecule has 0 heterocycles. The van der Waals surface area contributed by atoms with Crippen LogP contribution < -0.4 is 4.84 Å². The molecule has 0 fully saturated rings. The molecule has 10 heavy (non-hydrogen) atoms. The summed E-state index contributed by atoms with van der Waals surface area (Å²) >= 11 is 0. The van der Waals surface area contributed by atoms with E-state index < -0.39 is 0 Å². The Morgan fingerprint density at radius 2 is 2.10 bits per heavy atom. The van der Waals surface area contributed by atoms with E-state index in [1.807, 2.05) is 0 Å². The molecule has 0 aliphatic carbocycles. The van der Waals surface area contributed by atoms with Crippen LogP contribution in [-0.2, 0) is 0 Å². The Morgan fingerprint density at radius 1 is 1.40 bits per heavy atom. The third kappa shape index (κ3) is 1.22. The van der Waals surface area contributed by atoms with Gasteiger partial charge in [-0.05, 0) is 12.1 Å². The molecule has 0 saturated carbocycles. The molecule has 0 amide bonds. The van der Waals surface area contributed by atoms with E-state index in [-0.39, 0.29) is 11.5 Å². The largest absolute Gasteiger partial charge is 0.504 e. The molecule has 0 aliphatic heterocycles. The van der Waals surface area contributed by atoms with Crippen molar-refractivity contribution in [2.75, 3.05) is 0 Å². The second-order valence-corrected chi connectivity index (χ2v) is 1.63. The quantitative estimate of drug-likeness (QED) is 0.498. The van der Waals surface area contributed by atoms with Gasteiger partial charge in [0.1, 0.15) is 0 Å². The normalized spacial score (nSPS) is 8.80. The van der Waals surface area contributed by atoms with Crippen LogP contribution in [0.2, 0.25) is 0 Å². The lowest BCUT2D eigenvalue weighted by atomic mass is 10.3. The minimum atomic E-state index is -0.0953. The fourth-order valence-corrected chi connectivity index (χ4v) is 0.575. The zero-order chi connectivity index (χ0) is 7.40. The highest BCUT2D eigenvalue weighted by Crippen LogP contribution is 2.23. The highest BCUT2D eigenvalue weighted by atomic mass is 16.7. The molecule has 0 aromatic heterocycles. The molecule has 52 valence electrons. The van der Waals surface area contributed by atoms with Crippen LogP contribution in [0, 0.1) is 4.91 Å². The van der Waals surface area contributed by atoms with Gasteiger partial charge in [-0.2, -0.15) is 0 Å². The molecule has 4 nitrogen and oxygen atoms in total. The second-order valence-electron chi connectivity index (χ2n) is 1.63. The first-order chi connectivity index (χ1) is 4.84. The summed E-state index contributed by atoms with van der Waals surface area (Å²) in [5.74, 6) is -0.0281. The smallest absolute Gasteiger partial charge is 0.203 e. The van der Waals surface area contributed by atoms with E-state index in [0.717, 1.165) is 0 Å². The van der Waals surface area contributed by atoms with Crippen LogP contribution in [0.3, 0.4) is 0 Å². The van der Waals surface area contributed by atoms with Crippen LogP contribution in [0.15, 0.2) is 29.6 Å². The van der Waals surface area contributed by atoms with Gasteiger partial charge in [-0.15, -0.1) is 4.91 Å². The van der Waals surface area contributed by atoms with Gasteiger partial charge in [-0.25, -0.2) is 0 Å². The van der Waals surface area contributed by atoms with E-state index in [9.17, 15) is 4.91 Å². The maximum absolute atomic E-state index is 9.54. The lowest BCUT2D eigenvalue weighted by Gasteiger charge is -1.95. The fraction of sp³-hybridized carbons (Fsp3) is 0. The maximum atomic E-state index is 9.54. The Balaban J connectivity index is 2.91. The molecule has 1 aromatic rings. The van der Waals surface area contributed by atoms with Crippen molar-refractivity contribution in [1.29, 1.82) is 0 Å². The first kappa shape index (κ1) is 6.54. The molecule has 0 unspecified atom stereocenters. The molecule has 0 spiro atoms. The SMILES string of the molecule is O=NOc1ccccc1O. The standard InChI is InChI=1S/C6H5NO3/c8-5-3-1-2-4-6(5)10-7-9/h1-4,8H. The highest BCUT2D eigenvalue weighted by molar-refractivity contribution is 5.37. The Bertz CT molecular complexity index is 236. The zero-order valence-electron chi connectivity index (χ0n) is 5.02. The molecular weight excluding hydrogens is 134 g/mol. The fourth-order valence-electron chi connectivity index (χ4n) is 0.575. The summed E-state index contributed by atoms with van der Waals surface area (Å²) in [6, 6.07) is 6.09. The van der Waals surface area contributed by atoms with E-state index in [1.54, 1.807) is 12.1 Å². The molecular formula is C6H5NO3. The third-order valence-electron chi connectivity index (χ3n) is 1.00. The average molecular weight is 139 g/mol. The lowest BCUT2D eigenvalue weighted by Crippen LogP contribution is -1.79. The number of rotatable bonds is 2. The zero-order valence-corrected chi connectivity index (χ0v) is 5.02. The Hall–Kier alpha value is -1.58. The monoisotopic (exact) mass is 139 g/mol. The van der Waals surface area contributed by atoms with Gasteiger partial charge >= 0.3 is 0 Å². The number of hydrogen-bond donors (Lipinski definition) is 1. The van der Waals surface area contributed by atoms with Gasteiger partial charge in [-0.1, -0.05) is 12.1 Å². The van der Waals surface area contributed by atoms with Crippen LogP contribution in [0.1, 0.15) is 0 Å². The van der Waals surface area contributed by atoms with E-state index in [0.29, 0.717) is 0 Å². The molecule has 1 aromatic carbocycles. The Morgan fingerprint density at radius 3 is 2.70 bits per heavy atom. The highest BCUT2D eigenvalue weighted by Gasteiger charge is 1.98. The van der Waals surface area contributed by atoms with Gasteiger partial charge in [0.15, 0.2) is 11.1 Å². The van der Waals surface area contributed by atoms with Gasteiger partial charge < -0.3 is 9.94 Å². The van der Waals surface area contributed by atoms with Crippen molar-refractivity contribution < 1.29 is 9.94 Å². The van der Waals surface area contributed by atoms with Crippen molar-refractivity contribution in [3.8, 4) is 11.5 Å². The van der Waals surface area contributed by atoms with Crippen molar-refractivity contribution in [1.82, 2.24) is 0 Å². The molecule has 0 aliphatic rings. The van der Waals surface area contributed by atoms with E-state index in [1.165, 1.54) is 12.1 Å². The number of para-hydroxylation sites is 2. The van der Waals surface area contributed by atoms with Gasteiger partial charge in [0, 0.05) is 0 Å². The van der Waals surface area contributed by atoms with Crippen molar-refractivity contribution >= 4 is 0 Å². The summed E-state index contributed by atoms with van der Waals surface area (Å²) in [5.41, 5.74) is 0. The predicted octanol–water partition coefficient (Wildman–Crippen LogP) is 1.45. The van der Waals surface area contributed by atoms with Crippen molar-refractivity contribution in [2.45, 2.75) is 0 Å². The van der Waals surface area contributed by atoms with Crippen molar-refractivity contribution in [3.05, 3.63) is 29.2 Å². The Kier molecular flexibility index (Phi) is 1.84. The van der Waals surface area contributed by atoms with Crippen LogP contribution in [0.4, 0.5) is 0 Å². The lowest BCUT2D eigenvalue weighted by molar-refractivity contribution is 0.313. The summed E-state index contributed by atoms with van der Waals surface area (Å²) in [6.45, 7) is 0. The molecule has 0 atom stereocenters. The summed E-state index contributed by atoms with van der Waals surface area (Å²) in [4.78, 5) is 13.7. The summed E-state index contributed by atoms with van der Waals surface area (Å²) in [6.07, 6.45) is 0. The molecule has 0 radical (unpaired) electrons. The molecule has 4 heteroatoms.